The van der Waals surface area contributed by atoms with E-state index in [1.165, 1.54) is 29.5 Å². The van der Waals surface area contributed by atoms with E-state index in [1.807, 2.05) is 4.90 Å². The van der Waals surface area contributed by atoms with Gasteiger partial charge in [0.05, 0.1) is 12.3 Å². The van der Waals surface area contributed by atoms with Crippen LogP contribution in [0.5, 0.6) is 0 Å². The number of carbonyl (C=O) groups excluding carboxylic acids is 1. The number of aliphatic hydroxyl groups is 2. The first-order chi connectivity index (χ1) is 17.7. The molecule has 0 atom stereocenters. The normalized spacial score (nSPS) is 18.9. The quantitative estimate of drug-likeness (QED) is 0.465. The Kier molecular flexibility index (Phi) is 8.59. The van der Waals surface area contributed by atoms with Crippen LogP contribution in [0.2, 0.25) is 0 Å². The number of pyridine rings is 1. The van der Waals surface area contributed by atoms with Crippen molar-refractivity contribution in [2.45, 2.75) is 89.5 Å². The van der Waals surface area contributed by atoms with Crippen molar-refractivity contribution in [1.82, 2.24) is 9.88 Å². The van der Waals surface area contributed by atoms with E-state index < -0.39 is 0 Å². The van der Waals surface area contributed by atoms with Crippen LogP contribution in [0.1, 0.15) is 83.8 Å². The number of aromatic nitrogens is 1. The highest BCUT2D eigenvalue weighted by atomic mass is 16.3. The lowest BCUT2D eigenvalue weighted by molar-refractivity contribution is -0.134. The number of unbranched alkanes of at least 4 members (excludes halogenated alkanes) is 1. The fourth-order valence-electron chi connectivity index (χ4n) is 6.06. The van der Waals surface area contributed by atoms with E-state index in [1.54, 1.807) is 0 Å². The molecule has 1 aromatic carbocycles. The summed E-state index contributed by atoms with van der Waals surface area (Å²) < 4.78 is 0. The first-order valence-electron chi connectivity index (χ1n) is 14.0. The highest BCUT2D eigenvalue weighted by molar-refractivity contribution is 5.76. The molecule has 1 aromatic heterocycles. The van der Waals surface area contributed by atoms with Crippen LogP contribution in [-0.4, -0.2) is 64.9 Å². The van der Waals surface area contributed by atoms with Crippen molar-refractivity contribution in [1.29, 1.82) is 0 Å². The molecule has 202 valence electrons. The molecule has 1 saturated heterocycles. The summed E-state index contributed by atoms with van der Waals surface area (Å²) in [6, 6.07) is 13.4. The Hall–Kier alpha value is -2.44. The Morgan fingerprint density at radius 3 is 2.35 bits per heavy atom. The van der Waals surface area contributed by atoms with E-state index in [0.29, 0.717) is 13.0 Å². The Morgan fingerprint density at radius 1 is 0.973 bits per heavy atom. The van der Waals surface area contributed by atoms with Gasteiger partial charge in [-0.3, -0.25) is 4.79 Å². The standard InChI is InChI=1S/C31H45N3O3/c1-30(2)15-16-31(3,4)26-22-23(10-11-25(26)30)27-8-7-9-28(32-27)33-18-12-24(13-19-33)34(17-5-6-20-35)29(37)14-21-36/h7-11,22,24,35-36H,5-6,12-21H2,1-4H3. The smallest absolute Gasteiger partial charge is 0.225 e. The van der Waals surface area contributed by atoms with Crippen molar-refractivity contribution < 1.29 is 15.0 Å². The number of amides is 1. The summed E-state index contributed by atoms with van der Waals surface area (Å²) >= 11 is 0. The van der Waals surface area contributed by atoms with Crippen LogP contribution in [0.25, 0.3) is 11.3 Å². The summed E-state index contributed by atoms with van der Waals surface area (Å²) in [5, 5.41) is 18.4. The number of aliphatic hydroxyl groups excluding tert-OH is 2. The summed E-state index contributed by atoms with van der Waals surface area (Å²) in [5.74, 6) is 0.999. The number of carbonyl (C=O) groups is 1. The molecular formula is C31H45N3O3. The summed E-state index contributed by atoms with van der Waals surface area (Å²) in [6.07, 6.45) is 5.80. The van der Waals surface area contributed by atoms with Gasteiger partial charge in [-0.1, -0.05) is 45.9 Å². The molecule has 0 unspecified atom stereocenters. The van der Waals surface area contributed by atoms with Gasteiger partial charge in [0.2, 0.25) is 5.91 Å². The van der Waals surface area contributed by atoms with Crippen LogP contribution < -0.4 is 4.90 Å². The minimum Gasteiger partial charge on any atom is -0.396 e. The van der Waals surface area contributed by atoms with E-state index in [4.69, 9.17) is 10.1 Å². The maximum Gasteiger partial charge on any atom is 0.225 e. The van der Waals surface area contributed by atoms with Crippen LogP contribution in [0.3, 0.4) is 0 Å². The summed E-state index contributed by atoms with van der Waals surface area (Å²) in [7, 11) is 0. The van der Waals surface area contributed by atoms with Crippen LogP contribution in [0.15, 0.2) is 36.4 Å². The van der Waals surface area contributed by atoms with Gasteiger partial charge in [-0.25, -0.2) is 4.98 Å². The average Bonchev–Trinajstić information content (AvgIpc) is 2.89. The SMILES string of the molecule is CC1(C)CCC(C)(C)c2cc(-c3cccc(N4CCC(N(CCCCO)C(=O)CCO)CC4)n3)ccc21. The minimum atomic E-state index is -0.123. The predicted octanol–water partition coefficient (Wildman–Crippen LogP) is 5.05. The highest BCUT2D eigenvalue weighted by Crippen LogP contribution is 2.46. The monoisotopic (exact) mass is 507 g/mol. The first kappa shape index (κ1) is 27.6. The van der Waals surface area contributed by atoms with Gasteiger partial charge < -0.3 is 20.0 Å². The van der Waals surface area contributed by atoms with Crippen LogP contribution in [0.4, 0.5) is 5.82 Å². The Morgan fingerprint density at radius 2 is 1.68 bits per heavy atom. The molecule has 0 spiro atoms. The molecular weight excluding hydrogens is 462 g/mol. The molecule has 4 rings (SSSR count). The van der Waals surface area contributed by atoms with Crippen LogP contribution >= 0.6 is 0 Å². The van der Waals surface area contributed by atoms with Crippen molar-refractivity contribution >= 4 is 11.7 Å². The highest BCUT2D eigenvalue weighted by Gasteiger charge is 2.37. The van der Waals surface area contributed by atoms with Crippen molar-refractivity contribution in [3.8, 4) is 11.3 Å². The lowest BCUT2D eigenvalue weighted by atomic mass is 9.63. The van der Waals surface area contributed by atoms with Gasteiger partial charge in [0.25, 0.3) is 0 Å². The van der Waals surface area contributed by atoms with E-state index in [2.05, 4.69) is 69.0 Å². The van der Waals surface area contributed by atoms with Crippen LogP contribution in [-0.2, 0) is 15.6 Å². The van der Waals surface area contributed by atoms with E-state index in [-0.39, 0.29) is 42.4 Å². The number of rotatable bonds is 9. The maximum absolute atomic E-state index is 12.7. The topological polar surface area (TPSA) is 76.9 Å². The Labute approximate surface area is 222 Å². The van der Waals surface area contributed by atoms with E-state index >= 15 is 0 Å². The third kappa shape index (κ3) is 6.18. The third-order valence-corrected chi connectivity index (χ3v) is 8.57. The van der Waals surface area contributed by atoms with E-state index in [9.17, 15) is 9.90 Å². The Bertz CT molecular complexity index is 1070. The largest absolute Gasteiger partial charge is 0.396 e. The van der Waals surface area contributed by atoms with E-state index in [0.717, 1.165) is 43.9 Å². The molecule has 2 N–H and O–H groups in total. The van der Waals surface area contributed by atoms with Gasteiger partial charge in [0.15, 0.2) is 0 Å². The molecule has 0 bridgehead atoms. The summed E-state index contributed by atoms with van der Waals surface area (Å²) in [6.45, 7) is 11.8. The molecule has 1 aliphatic carbocycles. The third-order valence-electron chi connectivity index (χ3n) is 8.57. The fraction of sp³-hybridized carbons (Fsp3) is 0.613. The number of hydrogen-bond donors (Lipinski definition) is 2. The Balaban J connectivity index is 1.49. The summed E-state index contributed by atoms with van der Waals surface area (Å²) in [5.41, 5.74) is 5.45. The molecule has 1 aliphatic heterocycles. The second-order valence-corrected chi connectivity index (χ2v) is 12.1. The number of piperidine rings is 1. The van der Waals surface area contributed by atoms with Gasteiger partial charge >= 0.3 is 0 Å². The molecule has 2 aliphatic rings. The zero-order valence-corrected chi connectivity index (χ0v) is 23.2. The predicted molar refractivity (Wildman–Crippen MR) is 150 cm³/mol. The lowest BCUT2D eigenvalue weighted by Gasteiger charge is -2.42. The number of hydrogen-bond acceptors (Lipinski definition) is 5. The molecule has 0 radical (unpaired) electrons. The molecule has 0 saturated carbocycles. The molecule has 1 fully saturated rings. The minimum absolute atomic E-state index is 0.0116. The second-order valence-electron chi connectivity index (χ2n) is 12.1. The summed E-state index contributed by atoms with van der Waals surface area (Å²) in [4.78, 5) is 22.0. The van der Waals surface area contributed by atoms with Crippen molar-refractivity contribution in [3.63, 3.8) is 0 Å². The van der Waals surface area contributed by atoms with Gasteiger partial charge in [-0.15, -0.1) is 0 Å². The molecule has 6 heteroatoms. The average molecular weight is 508 g/mol. The van der Waals surface area contributed by atoms with Gasteiger partial charge in [-0.05, 0) is 78.7 Å². The van der Waals surface area contributed by atoms with Gasteiger partial charge in [0.1, 0.15) is 5.82 Å². The number of fused-ring (bicyclic) bond motifs is 1. The van der Waals surface area contributed by atoms with Crippen molar-refractivity contribution in [2.75, 3.05) is 37.7 Å². The first-order valence-corrected chi connectivity index (χ1v) is 14.0. The van der Waals surface area contributed by atoms with Gasteiger partial charge in [0, 0.05) is 44.3 Å². The number of nitrogens with zero attached hydrogens (tertiary/aromatic N) is 3. The molecule has 37 heavy (non-hydrogen) atoms. The molecule has 2 heterocycles. The zero-order valence-electron chi connectivity index (χ0n) is 23.2. The maximum atomic E-state index is 12.7. The van der Waals surface area contributed by atoms with Crippen LogP contribution in [0, 0.1) is 0 Å². The molecule has 6 nitrogen and oxygen atoms in total. The fourth-order valence-corrected chi connectivity index (χ4v) is 6.06. The van der Waals surface area contributed by atoms with Crippen molar-refractivity contribution in [2.24, 2.45) is 0 Å². The zero-order chi connectivity index (χ0) is 26.6. The molecule has 1 amide bonds. The lowest BCUT2D eigenvalue weighted by Crippen LogP contribution is -2.48. The second kappa shape index (κ2) is 11.5. The van der Waals surface area contributed by atoms with Crippen molar-refractivity contribution in [3.05, 3.63) is 47.5 Å². The number of benzene rings is 1. The molecule has 2 aromatic rings. The van der Waals surface area contributed by atoms with Gasteiger partial charge in [-0.2, -0.15) is 0 Å². The number of anilines is 1.